The van der Waals surface area contributed by atoms with Gasteiger partial charge in [0.2, 0.25) is 10.0 Å². The van der Waals surface area contributed by atoms with Gasteiger partial charge >= 0.3 is 0 Å². The molecule has 1 aliphatic heterocycles. The molecular formula is C23H30N2O5S. The van der Waals surface area contributed by atoms with Crippen LogP contribution >= 0.6 is 0 Å². The molecule has 0 unspecified atom stereocenters. The molecule has 1 amide bonds. The summed E-state index contributed by atoms with van der Waals surface area (Å²) in [5, 5.41) is 0. The Labute approximate surface area is 184 Å². The number of sulfonamides is 1. The number of carbonyl (C=O) groups excluding carboxylic acids is 1. The second-order valence-corrected chi connectivity index (χ2v) is 9.32. The number of rotatable bonds is 8. The molecule has 1 aliphatic rings. The molecule has 2 aromatic carbocycles. The molecular weight excluding hydrogens is 416 g/mol. The molecule has 7 nitrogen and oxygen atoms in total. The molecule has 0 aromatic heterocycles. The molecule has 0 bridgehead atoms. The lowest BCUT2D eigenvalue weighted by Crippen LogP contribution is -2.31. The lowest BCUT2D eigenvalue weighted by Gasteiger charge is -2.27. The second-order valence-electron chi connectivity index (χ2n) is 7.38. The van der Waals surface area contributed by atoms with Crippen LogP contribution in [0, 0.1) is 0 Å². The van der Waals surface area contributed by atoms with Crippen molar-refractivity contribution in [2.75, 3.05) is 33.9 Å². The first-order valence-electron chi connectivity index (χ1n) is 10.5. The van der Waals surface area contributed by atoms with E-state index in [9.17, 15) is 13.2 Å². The van der Waals surface area contributed by atoms with E-state index in [-0.39, 0.29) is 16.8 Å². The van der Waals surface area contributed by atoms with Crippen molar-refractivity contribution in [3.63, 3.8) is 0 Å². The largest absolute Gasteiger partial charge is 0.497 e. The van der Waals surface area contributed by atoms with Crippen molar-refractivity contribution in [2.45, 2.75) is 37.6 Å². The number of likely N-dealkylation sites (tertiary alicyclic amines) is 1. The first-order valence-corrected chi connectivity index (χ1v) is 11.9. The highest BCUT2D eigenvalue weighted by molar-refractivity contribution is 7.89. The van der Waals surface area contributed by atoms with Gasteiger partial charge in [-0.25, -0.2) is 8.42 Å². The maximum absolute atomic E-state index is 13.3. The fraction of sp³-hybridized carbons (Fsp3) is 0.435. The number of carbonyl (C=O) groups is 1. The van der Waals surface area contributed by atoms with E-state index in [2.05, 4.69) is 0 Å². The van der Waals surface area contributed by atoms with Gasteiger partial charge in [0.25, 0.3) is 5.91 Å². The van der Waals surface area contributed by atoms with Gasteiger partial charge in [0.1, 0.15) is 11.5 Å². The zero-order valence-electron chi connectivity index (χ0n) is 18.5. The molecule has 1 saturated heterocycles. The normalized spacial score (nSPS) is 16.5. The highest BCUT2D eigenvalue weighted by Gasteiger charge is 2.33. The molecule has 1 atom stereocenters. The van der Waals surface area contributed by atoms with Crippen LogP contribution in [0.25, 0.3) is 0 Å². The Kier molecular flexibility index (Phi) is 7.23. The number of amides is 1. The van der Waals surface area contributed by atoms with Gasteiger partial charge in [-0.1, -0.05) is 13.8 Å². The van der Waals surface area contributed by atoms with Crippen molar-refractivity contribution < 1.29 is 22.7 Å². The van der Waals surface area contributed by atoms with E-state index in [1.165, 1.54) is 16.4 Å². The molecule has 3 rings (SSSR count). The van der Waals surface area contributed by atoms with Gasteiger partial charge in [0, 0.05) is 36.8 Å². The third-order valence-corrected chi connectivity index (χ3v) is 7.82. The average Bonchev–Trinajstić information content (AvgIpc) is 3.28. The van der Waals surface area contributed by atoms with E-state index in [0.29, 0.717) is 36.7 Å². The van der Waals surface area contributed by atoms with Crippen molar-refractivity contribution in [3.05, 3.63) is 53.6 Å². The fourth-order valence-electron chi connectivity index (χ4n) is 4.07. The minimum Gasteiger partial charge on any atom is -0.497 e. The van der Waals surface area contributed by atoms with Crippen molar-refractivity contribution in [2.24, 2.45) is 0 Å². The van der Waals surface area contributed by atoms with Crippen LogP contribution < -0.4 is 9.47 Å². The Balaban J connectivity index is 1.86. The third-order valence-electron chi connectivity index (χ3n) is 5.76. The van der Waals surface area contributed by atoms with Crippen LogP contribution in [-0.4, -0.2) is 57.4 Å². The molecule has 2 aromatic rings. The Hall–Kier alpha value is -2.58. The van der Waals surface area contributed by atoms with Gasteiger partial charge in [-0.15, -0.1) is 0 Å². The smallest absolute Gasteiger partial charge is 0.254 e. The fourth-order valence-corrected chi connectivity index (χ4v) is 5.53. The van der Waals surface area contributed by atoms with Crippen molar-refractivity contribution in [1.29, 1.82) is 0 Å². The van der Waals surface area contributed by atoms with Gasteiger partial charge in [0.05, 0.1) is 25.2 Å². The Morgan fingerprint density at radius 2 is 1.74 bits per heavy atom. The van der Waals surface area contributed by atoms with Crippen LogP contribution in [0.2, 0.25) is 0 Å². The molecule has 1 fully saturated rings. The van der Waals surface area contributed by atoms with Gasteiger partial charge < -0.3 is 14.4 Å². The van der Waals surface area contributed by atoms with Crippen molar-refractivity contribution >= 4 is 15.9 Å². The van der Waals surface area contributed by atoms with E-state index in [1.54, 1.807) is 40.2 Å². The average molecular weight is 447 g/mol. The summed E-state index contributed by atoms with van der Waals surface area (Å²) in [5.41, 5.74) is 1.41. The lowest BCUT2D eigenvalue weighted by atomic mass is 10.0. The minimum absolute atomic E-state index is 0.104. The van der Waals surface area contributed by atoms with Crippen molar-refractivity contribution in [1.82, 2.24) is 9.21 Å². The molecule has 0 radical (unpaired) electrons. The first-order chi connectivity index (χ1) is 14.9. The Morgan fingerprint density at radius 1 is 1.06 bits per heavy atom. The highest BCUT2D eigenvalue weighted by atomic mass is 32.2. The maximum Gasteiger partial charge on any atom is 0.254 e. The number of benzene rings is 2. The van der Waals surface area contributed by atoms with E-state index in [0.717, 1.165) is 18.4 Å². The van der Waals surface area contributed by atoms with Crippen LogP contribution in [0.3, 0.4) is 0 Å². The SMILES string of the molecule is CCN(CC)S(=O)(=O)c1ccc(C(=O)N2CCC[C@H]2c2ccc(OC)cc2OC)cc1. The zero-order valence-corrected chi connectivity index (χ0v) is 19.3. The lowest BCUT2D eigenvalue weighted by molar-refractivity contribution is 0.0734. The van der Waals surface area contributed by atoms with E-state index >= 15 is 0 Å². The number of nitrogens with zero attached hydrogens (tertiary/aromatic N) is 2. The number of hydrogen-bond acceptors (Lipinski definition) is 5. The van der Waals surface area contributed by atoms with E-state index < -0.39 is 10.0 Å². The summed E-state index contributed by atoms with van der Waals surface area (Å²) in [7, 11) is -0.345. The summed E-state index contributed by atoms with van der Waals surface area (Å²) in [6.07, 6.45) is 1.73. The quantitative estimate of drug-likeness (QED) is 0.618. The second kappa shape index (κ2) is 9.70. The summed E-state index contributed by atoms with van der Waals surface area (Å²) in [6.45, 7) is 5.05. The van der Waals surface area contributed by atoms with Gasteiger partial charge in [-0.3, -0.25) is 4.79 Å². The van der Waals surface area contributed by atoms with E-state index in [1.807, 2.05) is 23.1 Å². The molecule has 0 aliphatic carbocycles. The Morgan fingerprint density at radius 3 is 2.32 bits per heavy atom. The molecule has 168 valence electrons. The topological polar surface area (TPSA) is 76.2 Å². The van der Waals surface area contributed by atoms with Gasteiger partial charge in [-0.05, 0) is 49.2 Å². The number of ether oxygens (including phenoxy) is 2. The van der Waals surface area contributed by atoms with Gasteiger partial charge in [0.15, 0.2) is 0 Å². The summed E-state index contributed by atoms with van der Waals surface area (Å²) in [6, 6.07) is 11.7. The van der Waals surface area contributed by atoms with Crippen LogP contribution in [0.4, 0.5) is 0 Å². The predicted molar refractivity (Wildman–Crippen MR) is 119 cm³/mol. The predicted octanol–water partition coefficient (Wildman–Crippen LogP) is 3.71. The van der Waals surface area contributed by atoms with Crippen molar-refractivity contribution in [3.8, 4) is 11.5 Å². The molecule has 8 heteroatoms. The summed E-state index contributed by atoms with van der Waals surface area (Å²) in [5.74, 6) is 1.26. The van der Waals surface area contributed by atoms with Crippen LogP contribution in [0.1, 0.15) is 48.7 Å². The summed E-state index contributed by atoms with van der Waals surface area (Å²) < 4.78 is 37.6. The monoisotopic (exact) mass is 446 g/mol. The standard InChI is InChI=1S/C23H30N2O5S/c1-5-24(6-2)31(27,28)19-12-9-17(10-13-19)23(26)25-15-7-8-21(25)20-14-11-18(29-3)16-22(20)30-4/h9-14,16,21H,5-8,15H2,1-4H3/t21-/m0/s1. The van der Waals surface area contributed by atoms with E-state index in [4.69, 9.17) is 9.47 Å². The minimum atomic E-state index is -3.55. The Bertz CT molecular complexity index is 1020. The summed E-state index contributed by atoms with van der Waals surface area (Å²) in [4.78, 5) is 15.3. The molecule has 0 saturated carbocycles. The molecule has 0 spiro atoms. The first kappa shape index (κ1) is 23.1. The molecule has 1 heterocycles. The highest BCUT2D eigenvalue weighted by Crippen LogP contribution is 2.39. The zero-order chi connectivity index (χ0) is 22.6. The number of methoxy groups -OCH3 is 2. The maximum atomic E-state index is 13.3. The molecule has 31 heavy (non-hydrogen) atoms. The van der Waals surface area contributed by atoms with Gasteiger partial charge in [-0.2, -0.15) is 4.31 Å². The molecule has 0 N–H and O–H groups in total. The summed E-state index contributed by atoms with van der Waals surface area (Å²) >= 11 is 0. The number of hydrogen-bond donors (Lipinski definition) is 0. The third kappa shape index (κ3) is 4.55. The van der Waals surface area contributed by atoms with Crippen LogP contribution in [0.15, 0.2) is 47.4 Å². The van der Waals surface area contributed by atoms with Crippen LogP contribution in [-0.2, 0) is 10.0 Å². The van der Waals surface area contributed by atoms with Crippen LogP contribution in [0.5, 0.6) is 11.5 Å².